The third kappa shape index (κ3) is 6.67. The molecule has 4 rings (SSSR count). The molecule has 0 bridgehead atoms. The van der Waals surface area contributed by atoms with Crippen LogP contribution in [0.1, 0.15) is 6.42 Å². The van der Waals surface area contributed by atoms with Crippen LogP contribution in [-0.4, -0.2) is 175 Å². The van der Waals surface area contributed by atoms with E-state index in [-0.39, 0.29) is 0 Å². The van der Waals surface area contributed by atoms with Crippen LogP contribution in [0.15, 0.2) is 0 Å². The van der Waals surface area contributed by atoms with Gasteiger partial charge in [-0.25, -0.2) is 4.79 Å². The molecular formula is C21H34O18. The molecule has 0 unspecified atom stereocenters. The van der Waals surface area contributed by atoms with Crippen LogP contribution in [0, 0.1) is 0 Å². The van der Waals surface area contributed by atoms with Gasteiger partial charge in [0.25, 0.3) is 0 Å². The summed E-state index contributed by atoms with van der Waals surface area (Å²) >= 11 is 0. The van der Waals surface area contributed by atoms with Crippen LogP contribution in [0.3, 0.4) is 0 Å². The highest BCUT2D eigenvalue weighted by atomic mass is 16.8. The third-order valence-electron chi connectivity index (χ3n) is 6.93. The number of ether oxygens (including phenoxy) is 7. The van der Waals surface area contributed by atoms with Gasteiger partial charge in [-0.1, -0.05) is 0 Å². The normalized spacial score (nSPS) is 51.4. The maximum Gasteiger partial charge on any atom is 0.333 e. The topological polar surface area (TPSA) is 284 Å². The zero-order valence-electron chi connectivity index (χ0n) is 20.3. The maximum atomic E-state index is 11.4. The largest absolute Gasteiger partial charge is 0.479 e. The van der Waals surface area contributed by atoms with Gasteiger partial charge in [-0.15, -0.1) is 0 Å². The van der Waals surface area contributed by atoms with Crippen LogP contribution in [0.5, 0.6) is 0 Å². The molecule has 226 valence electrons. The van der Waals surface area contributed by atoms with Gasteiger partial charge in [0.15, 0.2) is 31.3 Å². The second kappa shape index (κ2) is 12.8. The molecule has 0 aromatic heterocycles. The lowest BCUT2D eigenvalue weighted by molar-refractivity contribution is -0.374. The average Bonchev–Trinajstić information content (AvgIpc) is 2.90. The van der Waals surface area contributed by atoms with E-state index in [1.807, 2.05) is 0 Å². The number of carboxylic acids is 1. The van der Waals surface area contributed by atoms with Crippen molar-refractivity contribution in [1.29, 1.82) is 0 Å². The molecule has 0 aromatic carbocycles. The van der Waals surface area contributed by atoms with Gasteiger partial charge in [-0.2, -0.15) is 0 Å². The van der Waals surface area contributed by atoms with Gasteiger partial charge in [0.1, 0.15) is 61.0 Å². The van der Waals surface area contributed by atoms with Crippen LogP contribution in [0.25, 0.3) is 0 Å². The molecule has 4 fully saturated rings. The van der Waals surface area contributed by atoms with Crippen molar-refractivity contribution >= 4 is 5.97 Å². The first kappa shape index (κ1) is 30.8. The zero-order chi connectivity index (χ0) is 28.6. The quantitative estimate of drug-likeness (QED) is 0.135. The van der Waals surface area contributed by atoms with Gasteiger partial charge in [0, 0.05) is 6.42 Å². The van der Waals surface area contributed by atoms with Crippen molar-refractivity contribution in [3.05, 3.63) is 0 Å². The number of aliphatic hydroxyl groups excluding tert-OH is 9. The lowest BCUT2D eigenvalue weighted by Gasteiger charge is -2.46. The maximum absolute atomic E-state index is 11.4. The fraction of sp³-hybridized carbons (Fsp3) is 0.952. The van der Waals surface area contributed by atoms with Gasteiger partial charge in [0.2, 0.25) is 0 Å². The van der Waals surface area contributed by atoms with Crippen molar-refractivity contribution in [1.82, 2.24) is 0 Å². The van der Waals surface area contributed by atoms with Crippen LogP contribution < -0.4 is 0 Å². The molecule has 16 atom stereocenters. The third-order valence-corrected chi connectivity index (χ3v) is 6.93. The lowest BCUT2D eigenvalue weighted by Crippen LogP contribution is -2.63. The molecule has 39 heavy (non-hydrogen) atoms. The molecule has 4 saturated heterocycles. The highest BCUT2D eigenvalue weighted by Crippen LogP contribution is 2.31. The Morgan fingerprint density at radius 1 is 0.590 bits per heavy atom. The van der Waals surface area contributed by atoms with Gasteiger partial charge in [-0.3, -0.25) is 0 Å². The molecule has 18 nitrogen and oxygen atoms in total. The molecule has 0 radical (unpaired) electrons. The van der Waals surface area contributed by atoms with Crippen molar-refractivity contribution in [3.8, 4) is 0 Å². The number of hydrogen-bond acceptors (Lipinski definition) is 17. The predicted molar refractivity (Wildman–Crippen MR) is 115 cm³/mol. The number of carbonyl (C=O) groups is 1. The summed E-state index contributed by atoms with van der Waals surface area (Å²) in [7, 11) is 0. The highest BCUT2D eigenvalue weighted by molar-refractivity contribution is 5.72. The average molecular weight is 574 g/mol. The Hall–Kier alpha value is -1.17. The number of aliphatic carboxylic acids is 1. The summed E-state index contributed by atoms with van der Waals surface area (Å²) in [6.07, 6.45) is -26.3. The Labute approximate surface area is 220 Å². The van der Waals surface area contributed by atoms with Gasteiger partial charge in [0.05, 0.1) is 25.9 Å². The van der Waals surface area contributed by atoms with E-state index in [4.69, 9.17) is 33.2 Å². The first-order valence-electron chi connectivity index (χ1n) is 12.2. The SMILES string of the molecule is O=C(O)[C@@H]1C[C@H](O)[C@@H](O)[C@@H](O[C@H]2[C@H](O[C@@H]3CO[C@@H](O)[C@H](O)[C@H]3O)OC[C@@H](O[C@@H]3OC[C@@H](O)[C@H](O)[C@H]3O)[C@@H]2O)O1. The monoisotopic (exact) mass is 574 g/mol. The smallest absolute Gasteiger partial charge is 0.333 e. The van der Waals surface area contributed by atoms with Crippen LogP contribution in [-0.2, 0) is 38.0 Å². The molecule has 4 aliphatic rings. The van der Waals surface area contributed by atoms with Crippen LogP contribution >= 0.6 is 0 Å². The molecule has 0 saturated carbocycles. The van der Waals surface area contributed by atoms with Crippen molar-refractivity contribution in [2.24, 2.45) is 0 Å². The fourth-order valence-corrected chi connectivity index (χ4v) is 4.54. The van der Waals surface area contributed by atoms with E-state index in [1.165, 1.54) is 0 Å². The summed E-state index contributed by atoms with van der Waals surface area (Å²) in [6, 6.07) is 0. The minimum atomic E-state index is -1.82. The van der Waals surface area contributed by atoms with Crippen molar-refractivity contribution < 1.29 is 89.0 Å². The van der Waals surface area contributed by atoms with Gasteiger partial charge in [-0.05, 0) is 0 Å². The number of rotatable bonds is 7. The van der Waals surface area contributed by atoms with E-state index >= 15 is 0 Å². The molecule has 4 aliphatic heterocycles. The molecule has 18 heteroatoms. The molecule has 0 amide bonds. The van der Waals surface area contributed by atoms with Gasteiger partial charge < -0.3 is 84.2 Å². The molecule has 10 N–H and O–H groups in total. The Bertz CT molecular complexity index is 818. The molecule has 0 aromatic rings. The number of aliphatic hydroxyl groups is 9. The fourth-order valence-electron chi connectivity index (χ4n) is 4.54. The molecule has 0 aliphatic carbocycles. The second-order valence-electron chi connectivity index (χ2n) is 9.72. The van der Waals surface area contributed by atoms with Crippen molar-refractivity contribution in [2.75, 3.05) is 19.8 Å². The van der Waals surface area contributed by atoms with Crippen molar-refractivity contribution in [3.63, 3.8) is 0 Å². The summed E-state index contributed by atoms with van der Waals surface area (Å²) in [6.45, 7) is -1.28. The lowest BCUT2D eigenvalue weighted by atomic mass is 10.0. The first-order valence-corrected chi connectivity index (χ1v) is 12.2. The van der Waals surface area contributed by atoms with E-state index in [1.54, 1.807) is 0 Å². The Balaban J connectivity index is 1.52. The molecule has 0 spiro atoms. The molecule has 4 heterocycles. The van der Waals surface area contributed by atoms with Crippen LogP contribution in [0.2, 0.25) is 0 Å². The Morgan fingerprint density at radius 2 is 1.21 bits per heavy atom. The number of carboxylic acid groups (broad SMARTS) is 1. The second-order valence-corrected chi connectivity index (χ2v) is 9.72. The van der Waals surface area contributed by atoms with E-state index in [0.717, 1.165) is 0 Å². The van der Waals surface area contributed by atoms with E-state index in [2.05, 4.69) is 0 Å². The highest BCUT2D eigenvalue weighted by Gasteiger charge is 2.51. The van der Waals surface area contributed by atoms with Crippen molar-refractivity contribution in [2.45, 2.75) is 105 Å². The number of hydrogen-bond donors (Lipinski definition) is 10. The Morgan fingerprint density at radius 3 is 1.90 bits per heavy atom. The molecular weight excluding hydrogens is 540 g/mol. The van der Waals surface area contributed by atoms with Crippen LogP contribution in [0.4, 0.5) is 0 Å². The van der Waals surface area contributed by atoms with Gasteiger partial charge >= 0.3 is 5.97 Å². The summed E-state index contributed by atoms with van der Waals surface area (Å²) in [5, 5.41) is 100. The summed E-state index contributed by atoms with van der Waals surface area (Å²) < 4.78 is 37.7. The van der Waals surface area contributed by atoms with E-state index in [0.29, 0.717) is 0 Å². The minimum absolute atomic E-state index is 0.400. The minimum Gasteiger partial charge on any atom is -0.479 e. The summed E-state index contributed by atoms with van der Waals surface area (Å²) in [5.41, 5.74) is 0. The standard InChI is InChI=1S/C21H34O18/c22-5-1-7(17(30)31)36-20(11(5)25)39-16-13(27)9(37-19-15(29)10(24)6(23)2-34-19)4-35-21(16)38-8-3-33-18(32)14(28)12(8)26/h5-16,18-29,32H,1-4H2,(H,30,31)/t5-,6+,7-,8+,9+,10-,11+,12-,13-,14+,15+,16+,18+,19-,20+,21-/m0/s1. The zero-order valence-corrected chi connectivity index (χ0v) is 20.3. The summed E-state index contributed by atoms with van der Waals surface area (Å²) in [4.78, 5) is 11.4. The predicted octanol–water partition coefficient (Wildman–Crippen LogP) is -6.71. The first-order chi connectivity index (χ1) is 18.4. The van der Waals surface area contributed by atoms with E-state index in [9.17, 15) is 55.9 Å². The Kier molecular flexibility index (Phi) is 10.1. The van der Waals surface area contributed by atoms with E-state index < -0.39 is 131 Å². The summed E-state index contributed by atoms with van der Waals surface area (Å²) in [5.74, 6) is -1.46.